The van der Waals surface area contributed by atoms with Crippen LogP contribution in [0.5, 0.6) is 0 Å². The molecule has 0 amide bonds. The topological polar surface area (TPSA) is 31.4 Å². The highest BCUT2D eigenvalue weighted by Crippen LogP contribution is 2.40. The quantitative estimate of drug-likeness (QED) is 0.732. The molecule has 124 valence electrons. The van der Waals surface area contributed by atoms with E-state index in [4.69, 9.17) is 9.47 Å². The molecule has 0 saturated carbocycles. The van der Waals surface area contributed by atoms with E-state index < -0.39 is 0 Å². The molecule has 1 aromatic rings. The molecule has 1 aromatic heterocycles. The summed E-state index contributed by atoms with van der Waals surface area (Å²) < 4.78 is 12.1. The first-order chi connectivity index (χ1) is 11.0. The van der Waals surface area contributed by atoms with Crippen molar-refractivity contribution in [2.45, 2.75) is 59.2 Å². The average Bonchev–Trinajstić information content (AvgIpc) is 2.51. The molecule has 0 fully saturated rings. The van der Waals surface area contributed by atoms with E-state index in [-0.39, 0.29) is 5.60 Å². The lowest BCUT2D eigenvalue weighted by Crippen LogP contribution is -2.30. The molecule has 2 heterocycles. The van der Waals surface area contributed by atoms with Crippen LogP contribution < -0.4 is 0 Å². The van der Waals surface area contributed by atoms with Crippen molar-refractivity contribution >= 4 is 5.57 Å². The lowest BCUT2D eigenvalue weighted by molar-refractivity contribution is 0.000316. The van der Waals surface area contributed by atoms with Crippen molar-refractivity contribution in [3.8, 4) is 0 Å². The lowest BCUT2D eigenvalue weighted by Gasteiger charge is -2.33. The molecule has 1 aliphatic heterocycles. The van der Waals surface area contributed by atoms with Crippen LogP contribution in [-0.2, 0) is 16.1 Å². The van der Waals surface area contributed by atoms with Crippen LogP contribution in [0, 0.1) is 12.8 Å². The molecule has 1 aliphatic carbocycles. The van der Waals surface area contributed by atoms with Gasteiger partial charge < -0.3 is 9.47 Å². The Morgan fingerprint density at radius 2 is 2.22 bits per heavy atom. The van der Waals surface area contributed by atoms with Crippen molar-refractivity contribution < 1.29 is 9.47 Å². The number of allylic oxidation sites excluding steroid dienone is 1. The molecular weight excluding hydrogens is 286 g/mol. The van der Waals surface area contributed by atoms with E-state index in [1.54, 1.807) is 0 Å². The van der Waals surface area contributed by atoms with E-state index in [1.165, 1.54) is 23.1 Å². The SMILES string of the molecule is Cc1cc2c(cn1)COC1=CC(C)(OCCCC(C)C)CC=C12. The molecule has 0 spiro atoms. The predicted molar refractivity (Wildman–Crippen MR) is 92.9 cm³/mol. The lowest BCUT2D eigenvalue weighted by atomic mass is 9.86. The second-order valence-electron chi connectivity index (χ2n) is 7.30. The third kappa shape index (κ3) is 3.66. The van der Waals surface area contributed by atoms with Crippen LogP contribution in [-0.4, -0.2) is 17.2 Å². The van der Waals surface area contributed by atoms with E-state index in [9.17, 15) is 0 Å². The van der Waals surface area contributed by atoms with Crippen LogP contribution in [0.2, 0.25) is 0 Å². The van der Waals surface area contributed by atoms with Crippen LogP contribution >= 0.6 is 0 Å². The zero-order valence-electron chi connectivity index (χ0n) is 14.7. The van der Waals surface area contributed by atoms with Gasteiger partial charge >= 0.3 is 0 Å². The molecule has 0 saturated heterocycles. The summed E-state index contributed by atoms with van der Waals surface area (Å²) in [4.78, 5) is 4.37. The maximum absolute atomic E-state index is 6.17. The third-order valence-corrected chi connectivity index (χ3v) is 4.57. The predicted octanol–water partition coefficient (Wildman–Crippen LogP) is 4.80. The van der Waals surface area contributed by atoms with Crippen molar-refractivity contribution in [3.63, 3.8) is 0 Å². The minimum Gasteiger partial charge on any atom is -0.488 e. The van der Waals surface area contributed by atoms with E-state index >= 15 is 0 Å². The van der Waals surface area contributed by atoms with Gasteiger partial charge in [0, 0.05) is 29.6 Å². The molecule has 0 bridgehead atoms. The summed E-state index contributed by atoms with van der Waals surface area (Å²) in [6.07, 6.45) is 9.56. The molecular formula is C20H27NO2. The Kier molecular flexibility index (Phi) is 4.58. The summed E-state index contributed by atoms with van der Waals surface area (Å²) >= 11 is 0. The van der Waals surface area contributed by atoms with Crippen LogP contribution in [0.3, 0.4) is 0 Å². The molecule has 3 nitrogen and oxygen atoms in total. The van der Waals surface area contributed by atoms with Crippen molar-refractivity contribution in [1.82, 2.24) is 4.98 Å². The fraction of sp³-hybridized carbons (Fsp3) is 0.550. The summed E-state index contributed by atoms with van der Waals surface area (Å²) in [5.41, 5.74) is 4.41. The number of aromatic nitrogens is 1. The van der Waals surface area contributed by atoms with Gasteiger partial charge in [0.25, 0.3) is 0 Å². The highest BCUT2D eigenvalue weighted by Gasteiger charge is 2.31. The van der Waals surface area contributed by atoms with Gasteiger partial charge in [0.15, 0.2) is 0 Å². The minimum atomic E-state index is -0.255. The summed E-state index contributed by atoms with van der Waals surface area (Å²) in [7, 11) is 0. The summed E-state index contributed by atoms with van der Waals surface area (Å²) in [6.45, 7) is 10.1. The largest absolute Gasteiger partial charge is 0.488 e. The van der Waals surface area contributed by atoms with Gasteiger partial charge in [-0.1, -0.05) is 19.9 Å². The molecule has 3 heteroatoms. The second-order valence-corrected chi connectivity index (χ2v) is 7.30. The maximum Gasteiger partial charge on any atom is 0.126 e. The number of nitrogens with zero attached hydrogens (tertiary/aromatic N) is 1. The Labute approximate surface area is 139 Å². The number of rotatable bonds is 5. The van der Waals surface area contributed by atoms with E-state index in [1.807, 2.05) is 13.1 Å². The Balaban J connectivity index is 1.72. The Bertz CT molecular complexity index is 645. The number of hydrogen-bond donors (Lipinski definition) is 0. The first-order valence-corrected chi connectivity index (χ1v) is 8.63. The summed E-state index contributed by atoms with van der Waals surface area (Å²) in [5, 5.41) is 0. The molecule has 2 aliphatic rings. The van der Waals surface area contributed by atoms with Crippen molar-refractivity contribution in [2.24, 2.45) is 5.92 Å². The number of pyridine rings is 1. The highest BCUT2D eigenvalue weighted by atomic mass is 16.5. The zero-order chi connectivity index (χ0) is 16.4. The number of aryl methyl sites for hydroxylation is 1. The van der Waals surface area contributed by atoms with Gasteiger partial charge in [0.05, 0.1) is 5.60 Å². The molecule has 0 aromatic carbocycles. The molecule has 0 radical (unpaired) electrons. The highest BCUT2D eigenvalue weighted by molar-refractivity contribution is 5.81. The number of hydrogen-bond acceptors (Lipinski definition) is 3. The van der Waals surface area contributed by atoms with Gasteiger partial charge in [-0.3, -0.25) is 4.98 Å². The molecule has 1 atom stereocenters. The first kappa shape index (κ1) is 16.3. The maximum atomic E-state index is 6.17. The molecule has 3 rings (SSSR count). The third-order valence-electron chi connectivity index (χ3n) is 4.57. The average molecular weight is 313 g/mol. The van der Waals surface area contributed by atoms with Crippen molar-refractivity contribution in [1.29, 1.82) is 0 Å². The summed E-state index contributed by atoms with van der Waals surface area (Å²) in [5.74, 6) is 1.69. The van der Waals surface area contributed by atoms with Crippen molar-refractivity contribution in [3.05, 3.63) is 47.0 Å². The van der Waals surface area contributed by atoms with Gasteiger partial charge in [-0.15, -0.1) is 0 Å². The van der Waals surface area contributed by atoms with Crippen LogP contribution in [0.4, 0.5) is 0 Å². The molecule has 0 N–H and O–H groups in total. The minimum absolute atomic E-state index is 0.255. The van der Waals surface area contributed by atoms with E-state index in [2.05, 4.69) is 44.0 Å². The van der Waals surface area contributed by atoms with Gasteiger partial charge in [0.2, 0.25) is 0 Å². The zero-order valence-corrected chi connectivity index (χ0v) is 14.7. The fourth-order valence-corrected chi connectivity index (χ4v) is 3.19. The number of ether oxygens (including phenoxy) is 2. The van der Waals surface area contributed by atoms with Crippen LogP contribution in [0.15, 0.2) is 30.2 Å². The van der Waals surface area contributed by atoms with Crippen LogP contribution in [0.25, 0.3) is 5.57 Å². The van der Waals surface area contributed by atoms with Gasteiger partial charge in [0.1, 0.15) is 12.4 Å². The van der Waals surface area contributed by atoms with Crippen molar-refractivity contribution in [2.75, 3.05) is 6.61 Å². The van der Waals surface area contributed by atoms with Gasteiger partial charge in [-0.2, -0.15) is 0 Å². The van der Waals surface area contributed by atoms with E-state index in [0.29, 0.717) is 6.61 Å². The number of fused-ring (bicyclic) bond motifs is 3. The normalized spacial score (nSPS) is 22.8. The Hall–Kier alpha value is -1.61. The fourth-order valence-electron chi connectivity index (χ4n) is 3.19. The Morgan fingerprint density at radius 3 is 3.00 bits per heavy atom. The Morgan fingerprint density at radius 1 is 1.39 bits per heavy atom. The molecule has 1 unspecified atom stereocenters. The van der Waals surface area contributed by atoms with Crippen LogP contribution in [0.1, 0.15) is 56.9 Å². The first-order valence-electron chi connectivity index (χ1n) is 8.63. The second kappa shape index (κ2) is 6.48. The van der Waals surface area contributed by atoms with E-state index in [0.717, 1.165) is 36.8 Å². The summed E-state index contributed by atoms with van der Waals surface area (Å²) in [6, 6.07) is 2.16. The molecule has 23 heavy (non-hydrogen) atoms. The smallest absolute Gasteiger partial charge is 0.126 e. The van der Waals surface area contributed by atoms with Gasteiger partial charge in [-0.25, -0.2) is 0 Å². The standard InChI is InChI=1S/C20H27NO2/c1-14(2)6-5-9-23-20(4)8-7-17-18-10-15(3)21-12-16(18)13-22-19(17)11-20/h7,10-12,14H,5-6,8-9,13H2,1-4H3. The van der Waals surface area contributed by atoms with Gasteiger partial charge in [-0.05, 0) is 56.7 Å². The monoisotopic (exact) mass is 313 g/mol.